The third-order valence-electron chi connectivity index (χ3n) is 4.25. The standard InChI is InChI=1S/C21H16N4O2/c1-13-11-20(27-16-9-7-15(8-10-16)23-14(2)26)25-19-6-4-3-5-18(19)24-21(25)17(13)12-22/h3-11H,1-2H3,(H,23,26). The van der Waals surface area contributed by atoms with E-state index in [4.69, 9.17) is 4.74 Å². The van der Waals surface area contributed by atoms with Crippen molar-refractivity contribution in [3.63, 3.8) is 0 Å². The number of hydrogen-bond donors (Lipinski definition) is 1. The number of aromatic nitrogens is 2. The van der Waals surface area contributed by atoms with Crippen LogP contribution in [0.1, 0.15) is 18.1 Å². The van der Waals surface area contributed by atoms with Gasteiger partial charge in [-0.05, 0) is 48.9 Å². The van der Waals surface area contributed by atoms with Gasteiger partial charge < -0.3 is 10.1 Å². The summed E-state index contributed by atoms with van der Waals surface area (Å²) >= 11 is 0. The third kappa shape index (κ3) is 2.96. The van der Waals surface area contributed by atoms with Crippen molar-refractivity contribution in [3.05, 3.63) is 65.7 Å². The first-order valence-corrected chi connectivity index (χ1v) is 8.43. The number of fused-ring (bicyclic) bond motifs is 3. The molecule has 2 heterocycles. The van der Waals surface area contributed by atoms with Crippen LogP contribution in [0.2, 0.25) is 0 Å². The zero-order chi connectivity index (χ0) is 19.0. The molecule has 1 amide bonds. The number of ether oxygens (including phenoxy) is 1. The number of carbonyl (C=O) groups is 1. The van der Waals surface area contributed by atoms with E-state index in [1.807, 2.05) is 41.7 Å². The number of nitriles is 1. The quantitative estimate of drug-likeness (QED) is 0.589. The fourth-order valence-electron chi connectivity index (χ4n) is 3.06. The molecule has 0 radical (unpaired) electrons. The number of benzene rings is 2. The minimum Gasteiger partial charge on any atom is -0.440 e. The van der Waals surface area contributed by atoms with Gasteiger partial charge in [-0.2, -0.15) is 5.26 Å². The fraction of sp³-hybridized carbons (Fsp3) is 0.0952. The van der Waals surface area contributed by atoms with E-state index < -0.39 is 0 Å². The van der Waals surface area contributed by atoms with Crippen LogP contribution in [0.3, 0.4) is 0 Å². The summed E-state index contributed by atoms with van der Waals surface area (Å²) in [7, 11) is 0. The molecule has 1 N–H and O–H groups in total. The highest BCUT2D eigenvalue weighted by molar-refractivity contribution is 5.88. The van der Waals surface area contributed by atoms with Gasteiger partial charge in [0.15, 0.2) is 5.65 Å². The monoisotopic (exact) mass is 356 g/mol. The number of nitrogens with zero attached hydrogens (tertiary/aromatic N) is 3. The van der Waals surface area contributed by atoms with E-state index in [2.05, 4.69) is 16.4 Å². The highest BCUT2D eigenvalue weighted by Gasteiger charge is 2.16. The molecule has 6 nitrogen and oxygen atoms in total. The molecule has 0 unspecified atom stereocenters. The van der Waals surface area contributed by atoms with Gasteiger partial charge >= 0.3 is 0 Å². The Morgan fingerprint density at radius 2 is 1.93 bits per heavy atom. The lowest BCUT2D eigenvalue weighted by atomic mass is 10.1. The summed E-state index contributed by atoms with van der Waals surface area (Å²) in [5.41, 5.74) is 4.26. The lowest BCUT2D eigenvalue weighted by Gasteiger charge is -2.12. The minimum atomic E-state index is -0.127. The van der Waals surface area contributed by atoms with Crippen molar-refractivity contribution in [3.8, 4) is 17.7 Å². The molecular formula is C21H16N4O2. The Balaban J connectivity index is 1.84. The van der Waals surface area contributed by atoms with Gasteiger partial charge in [0, 0.05) is 18.7 Å². The van der Waals surface area contributed by atoms with E-state index in [0.29, 0.717) is 28.5 Å². The molecule has 0 saturated carbocycles. The van der Waals surface area contributed by atoms with Crippen LogP contribution in [-0.4, -0.2) is 15.3 Å². The SMILES string of the molecule is CC(=O)Nc1ccc(Oc2cc(C)c(C#N)c3nc4ccccc4n23)cc1. The smallest absolute Gasteiger partial charge is 0.221 e. The Bertz CT molecular complexity index is 1220. The summed E-state index contributed by atoms with van der Waals surface area (Å²) in [4.78, 5) is 15.8. The van der Waals surface area contributed by atoms with Crippen LogP contribution in [0, 0.1) is 18.3 Å². The summed E-state index contributed by atoms with van der Waals surface area (Å²) in [6.07, 6.45) is 0. The molecule has 0 bridgehead atoms. The van der Waals surface area contributed by atoms with Crippen LogP contribution in [0.4, 0.5) is 5.69 Å². The molecule has 0 spiro atoms. The lowest BCUT2D eigenvalue weighted by Crippen LogP contribution is -2.05. The van der Waals surface area contributed by atoms with E-state index in [0.717, 1.165) is 16.6 Å². The van der Waals surface area contributed by atoms with Gasteiger partial charge in [-0.25, -0.2) is 4.98 Å². The maximum absolute atomic E-state index is 11.1. The van der Waals surface area contributed by atoms with Crippen molar-refractivity contribution >= 4 is 28.3 Å². The number of para-hydroxylation sites is 2. The predicted octanol–water partition coefficient (Wildman–Crippen LogP) is 4.42. The molecule has 27 heavy (non-hydrogen) atoms. The van der Waals surface area contributed by atoms with E-state index in [1.165, 1.54) is 6.92 Å². The first-order chi connectivity index (χ1) is 13.1. The second kappa shape index (κ2) is 6.46. The number of hydrogen-bond acceptors (Lipinski definition) is 4. The van der Waals surface area contributed by atoms with Crippen molar-refractivity contribution in [2.45, 2.75) is 13.8 Å². The first-order valence-electron chi connectivity index (χ1n) is 8.43. The first kappa shape index (κ1) is 16.6. The molecule has 4 aromatic rings. The summed E-state index contributed by atoms with van der Waals surface area (Å²) < 4.78 is 7.95. The number of carbonyl (C=O) groups excluding carboxylic acids is 1. The van der Waals surface area contributed by atoms with Crippen molar-refractivity contribution in [1.29, 1.82) is 5.26 Å². The molecule has 6 heteroatoms. The topological polar surface area (TPSA) is 79.4 Å². The van der Waals surface area contributed by atoms with Crippen LogP contribution in [0.5, 0.6) is 11.6 Å². The largest absolute Gasteiger partial charge is 0.440 e. The number of amides is 1. The molecule has 0 fully saturated rings. The number of pyridine rings is 1. The highest BCUT2D eigenvalue weighted by Crippen LogP contribution is 2.31. The Morgan fingerprint density at radius 1 is 1.19 bits per heavy atom. The van der Waals surface area contributed by atoms with Gasteiger partial charge in [0.2, 0.25) is 11.8 Å². The molecule has 0 aliphatic heterocycles. The Morgan fingerprint density at radius 3 is 2.63 bits per heavy atom. The molecule has 2 aromatic heterocycles. The summed E-state index contributed by atoms with van der Waals surface area (Å²) in [5.74, 6) is 1.06. The highest BCUT2D eigenvalue weighted by atomic mass is 16.5. The number of nitrogens with one attached hydrogen (secondary N) is 1. The van der Waals surface area contributed by atoms with Crippen LogP contribution < -0.4 is 10.1 Å². The second-order valence-electron chi connectivity index (χ2n) is 6.22. The molecular weight excluding hydrogens is 340 g/mol. The molecule has 0 atom stereocenters. The van der Waals surface area contributed by atoms with E-state index in [1.54, 1.807) is 24.3 Å². The van der Waals surface area contributed by atoms with Gasteiger partial charge in [0.25, 0.3) is 0 Å². The predicted molar refractivity (Wildman–Crippen MR) is 103 cm³/mol. The van der Waals surface area contributed by atoms with Gasteiger partial charge in [-0.1, -0.05) is 12.1 Å². The van der Waals surface area contributed by atoms with Crippen LogP contribution in [0.15, 0.2) is 54.6 Å². The molecule has 4 rings (SSSR count). The lowest BCUT2D eigenvalue weighted by molar-refractivity contribution is -0.114. The number of aryl methyl sites for hydroxylation is 1. The number of rotatable bonds is 3. The summed E-state index contributed by atoms with van der Waals surface area (Å²) in [5, 5.41) is 12.3. The van der Waals surface area contributed by atoms with Gasteiger partial charge in [-0.3, -0.25) is 9.20 Å². The normalized spacial score (nSPS) is 10.7. The average molecular weight is 356 g/mol. The van der Waals surface area contributed by atoms with E-state index in [9.17, 15) is 10.1 Å². The third-order valence-corrected chi connectivity index (χ3v) is 4.25. The summed E-state index contributed by atoms with van der Waals surface area (Å²) in [6, 6.07) is 18.9. The molecule has 132 valence electrons. The molecule has 0 aliphatic rings. The number of imidazole rings is 1. The van der Waals surface area contributed by atoms with Crippen LogP contribution >= 0.6 is 0 Å². The average Bonchev–Trinajstić information content (AvgIpc) is 3.02. The van der Waals surface area contributed by atoms with E-state index >= 15 is 0 Å². The maximum atomic E-state index is 11.1. The maximum Gasteiger partial charge on any atom is 0.221 e. The van der Waals surface area contributed by atoms with Gasteiger partial charge in [0.05, 0.1) is 16.6 Å². The number of anilines is 1. The zero-order valence-electron chi connectivity index (χ0n) is 14.9. The molecule has 2 aromatic carbocycles. The van der Waals surface area contributed by atoms with E-state index in [-0.39, 0.29) is 5.91 Å². The van der Waals surface area contributed by atoms with Gasteiger partial charge in [0.1, 0.15) is 11.8 Å². The van der Waals surface area contributed by atoms with Crippen molar-refractivity contribution in [2.75, 3.05) is 5.32 Å². The van der Waals surface area contributed by atoms with Crippen molar-refractivity contribution in [1.82, 2.24) is 9.38 Å². The minimum absolute atomic E-state index is 0.127. The zero-order valence-corrected chi connectivity index (χ0v) is 14.9. The molecule has 0 aliphatic carbocycles. The van der Waals surface area contributed by atoms with Crippen LogP contribution in [0.25, 0.3) is 16.7 Å². The Labute approximate surface area is 155 Å². The van der Waals surface area contributed by atoms with Crippen LogP contribution in [-0.2, 0) is 4.79 Å². The fourth-order valence-corrected chi connectivity index (χ4v) is 3.06. The van der Waals surface area contributed by atoms with Gasteiger partial charge in [-0.15, -0.1) is 0 Å². The second-order valence-corrected chi connectivity index (χ2v) is 6.22. The van der Waals surface area contributed by atoms with Crippen molar-refractivity contribution in [2.24, 2.45) is 0 Å². The Kier molecular flexibility index (Phi) is 3.98. The molecule has 0 saturated heterocycles. The van der Waals surface area contributed by atoms with Crippen molar-refractivity contribution < 1.29 is 9.53 Å². The summed E-state index contributed by atoms with van der Waals surface area (Å²) in [6.45, 7) is 3.33. The Hall–Kier alpha value is -3.85.